The van der Waals surface area contributed by atoms with Crippen molar-refractivity contribution in [1.29, 1.82) is 0 Å². The summed E-state index contributed by atoms with van der Waals surface area (Å²) < 4.78 is 5.22. The third-order valence-electron chi connectivity index (χ3n) is 3.54. The summed E-state index contributed by atoms with van der Waals surface area (Å²) in [7, 11) is 1.55. The number of hydrogen-bond donors (Lipinski definition) is 2. The number of anilines is 3. The van der Waals surface area contributed by atoms with Crippen molar-refractivity contribution < 1.29 is 9.53 Å². The van der Waals surface area contributed by atoms with Gasteiger partial charge in [-0.2, -0.15) is 0 Å². The highest BCUT2D eigenvalue weighted by atomic mass is 16.5. The van der Waals surface area contributed by atoms with Crippen molar-refractivity contribution in [1.82, 2.24) is 10.2 Å². The van der Waals surface area contributed by atoms with Crippen LogP contribution in [-0.2, 0) is 0 Å². The molecule has 0 radical (unpaired) electrons. The predicted molar refractivity (Wildman–Crippen MR) is 97.4 cm³/mol. The molecule has 1 amide bonds. The molecule has 0 bridgehead atoms. The molecule has 1 heterocycles. The lowest BCUT2D eigenvalue weighted by atomic mass is 10.2. The molecule has 0 fully saturated rings. The van der Waals surface area contributed by atoms with Crippen LogP contribution < -0.4 is 15.4 Å². The van der Waals surface area contributed by atoms with Gasteiger partial charge in [0.05, 0.1) is 12.8 Å². The normalized spacial score (nSPS) is 10.2. The number of benzene rings is 2. The van der Waals surface area contributed by atoms with Gasteiger partial charge in [-0.25, -0.2) is 0 Å². The topological polar surface area (TPSA) is 76.1 Å². The summed E-state index contributed by atoms with van der Waals surface area (Å²) in [4.78, 5) is 12.3. The van der Waals surface area contributed by atoms with E-state index in [0.717, 1.165) is 11.3 Å². The van der Waals surface area contributed by atoms with E-state index in [2.05, 4.69) is 20.8 Å². The van der Waals surface area contributed by atoms with Crippen LogP contribution >= 0.6 is 0 Å². The summed E-state index contributed by atoms with van der Waals surface area (Å²) in [6.07, 6.45) is 0. The number of hydrogen-bond acceptors (Lipinski definition) is 5. The van der Waals surface area contributed by atoms with Crippen molar-refractivity contribution in [3.8, 4) is 5.75 Å². The number of amides is 1. The number of para-hydroxylation sites is 2. The summed E-state index contributed by atoms with van der Waals surface area (Å²) in [6, 6.07) is 18.4. The molecule has 2 N–H and O–H groups in total. The van der Waals surface area contributed by atoms with E-state index >= 15 is 0 Å². The maximum atomic E-state index is 12.3. The molecule has 0 spiro atoms. The molecule has 0 aliphatic heterocycles. The van der Waals surface area contributed by atoms with Crippen LogP contribution in [0.15, 0.2) is 60.7 Å². The Balaban J connectivity index is 1.70. The predicted octanol–water partition coefficient (Wildman–Crippen LogP) is 3.79. The third kappa shape index (κ3) is 4.11. The molecule has 0 unspecified atom stereocenters. The van der Waals surface area contributed by atoms with Gasteiger partial charge >= 0.3 is 0 Å². The molecule has 2 aromatic carbocycles. The Hall–Kier alpha value is -3.41. The van der Waals surface area contributed by atoms with Gasteiger partial charge in [0.25, 0.3) is 5.91 Å². The number of carbonyl (C=O) groups is 1. The van der Waals surface area contributed by atoms with E-state index in [1.807, 2.05) is 43.3 Å². The molecule has 0 atom stereocenters. The van der Waals surface area contributed by atoms with Gasteiger partial charge in [-0.15, -0.1) is 10.2 Å². The fraction of sp³-hybridized carbons (Fsp3) is 0.105. The van der Waals surface area contributed by atoms with Gasteiger partial charge in [-0.3, -0.25) is 4.79 Å². The summed E-state index contributed by atoms with van der Waals surface area (Å²) in [5.74, 6) is 0.806. The quantitative estimate of drug-likeness (QED) is 0.742. The third-order valence-corrected chi connectivity index (χ3v) is 3.54. The van der Waals surface area contributed by atoms with Crippen molar-refractivity contribution in [2.75, 3.05) is 17.7 Å². The molecule has 1 aromatic heterocycles. The summed E-state index contributed by atoms with van der Waals surface area (Å²) in [5.41, 5.74) is 2.87. The van der Waals surface area contributed by atoms with Gasteiger partial charge in [-0.05, 0) is 48.9 Å². The zero-order valence-corrected chi connectivity index (χ0v) is 14.0. The smallest absolute Gasteiger partial charge is 0.276 e. The molecule has 6 nitrogen and oxygen atoms in total. The number of aryl methyl sites for hydroxylation is 1. The second-order valence-corrected chi connectivity index (χ2v) is 5.45. The fourth-order valence-electron chi connectivity index (χ4n) is 2.32. The fourth-order valence-corrected chi connectivity index (χ4v) is 2.32. The highest BCUT2D eigenvalue weighted by Gasteiger charge is 2.11. The van der Waals surface area contributed by atoms with Crippen LogP contribution in [0.1, 0.15) is 16.1 Å². The number of ether oxygens (including phenoxy) is 1. The van der Waals surface area contributed by atoms with Crippen LogP contribution in [0.5, 0.6) is 5.75 Å². The van der Waals surface area contributed by atoms with E-state index in [1.54, 1.807) is 31.4 Å². The van der Waals surface area contributed by atoms with Crippen molar-refractivity contribution in [2.45, 2.75) is 6.92 Å². The van der Waals surface area contributed by atoms with Crippen LogP contribution in [0.3, 0.4) is 0 Å². The molecule has 3 aromatic rings. The maximum Gasteiger partial charge on any atom is 0.276 e. The van der Waals surface area contributed by atoms with Crippen LogP contribution in [0.2, 0.25) is 0 Å². The zero-order chi connectivity index (χ0) is 17.6. The lowest BCUT2D eigenvalue weighted by Crippen LogP contribution is -2.15. The molecule has 0 aliphatic rings. The Morgan fingerprint density at radius 2 is 1.84 bits per heavy atom. The zero-order valence-electron chi connectivity index (χ0n) is 14.0. The second-order valence-electron chi connectivity index (χ2n) is 5.45. The molecule has 6 heteroatoms. The van der Waals surface area contributed by atoms with Gasteiger partial charge in [0.15, 0.2) is 11.5 Å². The average molecular weight is 334 g/mol. The van der Waals surface area contributed by atoms with Gasteiger partial charge < -0.3 is 15.4 Å². The van der Waals surface area contributed by atoms with Crippen molar-refractivity contribution in [3.05, 3.63) is 71.9 Å². The first kappa shape index (κ1) is 16.4. The maximum absolute atomic E-state index is 12.3. The molecule has 0 saturated heterocycles. The minimum absolute atomic E-state index is 0.223. The molecular weight excluding hydrogens is 316 g/mol. The van der Waals surface area contributed by atoms with Gasteiger partial charge in [0, 0.05) is 5.69 Å². The second kappa shape index (κ2) is 7.44. The van der Waals surface area contributed by atoms with Crippen LogP contribution in [0, 0.1) is 6.92 Å². The van der Waals surface area contributed by atoms with E-state index in [4.69, 9.17) is 4.74 Å². The Bertz CT molecular complexity index is 879. The van der Waals surface area contributed by atoms with Crippen molar-refractivity contribution in [2.24, 2.45) is 0 Å². The summed E-state index contributed by atoms with van der Waals surface area (Å²) in [5, 5.41) is 14.0. The highest BCUT2D eigenvalue weighted by molar-refractivity contribution is 6.03. The summed E-state index contributed by atoms with van der Waals surface area (Å²) in [6.45, 7) is 2.02. The van der Waals surface area contributed by atoms with Crippen molar-refractivity contribution >= 4 is 23.1 Å². The van der Waals surface area contributed by atoms with Crippen LogP contribution in [-0.4, -0.2) is 23.2 Å². The minimum atomic E-state index is -0.348. The number of methoxy groups -OCH3 is 1. The van der Waals surface area contributed by atoms with E-state index < -0.39 is 0 Å². The van der Waals surface area contributed by atoms with Gasteiger partial charge in [-0.1, -0.05) is 24.3 Å². The molecule has 126 valence electrons. The Morgan fingerprint density at radius 1 is 1.00 bits per heavy atom. The van der Waals surface area contributed by atoms with E-state index in [0.29, 0.717) is 17.3 Å². The van der Waals surface area contributed by atoms with Gasteiger partial charge in [0.1, 0.15) is 5.75 Å². The van der Waals surface area contributed by atoms with Crippen LogP contribution in [0.25, 0.3) is 0 Å². The Morgan fingerprint density at radius 3 is 2.56 bits per heavy atom. The highest BCUT2D eigenvalue weighted by Crippen LogP contribution is 2.23. The Labute approximate surface area is 145 Å². The number of carbonyl (C=O) groups excluding carboxylic acids is 1. The molecule has 25 heavy (non-hydrogen) atoms. The standard InChI is InChI=1S/C19H18N4O2/c1-13-6-5-7-14(12-13)20-18-11-10-16(22-23-18)19(24)21-15-8-3-4-9-17(15)25-2/h3-12H,1-2H3,(H,20,23)(H,21,24). The first-order valence-corrected chi connectivity index (χ1v) is 7.77. The van der Waals surface area contributed by atoms with Crippen LogP contribution in [0.4, 0.5) is 17.2 Å². The van der Waals surface area contributed by atoms with Gasteiger partial charge in [0.2, 0.25) is 0 Å². The number of aromatic nitrogens is 2. The first-order valence-electron chi connectivity index (χ1n) is 7.77. The molecule has 0 saturated carbocycles. The molecule has 3 rings (SSSR count). The first-order chi connectivity index (χ1) is 12.2. The largest absolute Gasteiger partial charge is 0.495 e. The monoisotopic (exact) mass is 334 g/mol. The van der Waals surface area contributed by atoms with E-state index in [9.17, 15) is 4.79 Å². The molecule has 0 aliphatic carbocycles. The number of nitrogens with zero attached hydrogens (tertiary/aromatic N) is 2. The van der Waals surface area contributed by atoms with E-state index in [1.165, 1.54) is 0 Å². The summed E-state index contributed by atoms with van der Waals surface area (Å²) >= 11 is 0. The van der Waals surface area contributed by atoms with Crippen molar-refractivity contribution in [3.63, 3.8) is 0 Å². The Kier molecular flexibility index (Phi) is 4.89. The SMILES string of the molecule is COc1ccccc1NC(=O)c1ccc(Nc2cccc(C)c2)nn1. The lowest BCUT2D eigenvalue weighted by molar-refractivity contribution is 0.102. The number of rotatable bonds is 5. The molecular formula is C19H18N4O2. The average Bonchev–Trinajstić information content (AvgIpc) is 2.63. The minimum Gasteiger partial charge on any atom is -0.495 e. The van der Waals surface area contributed by atoms with E-state index in [-0.39, 0.29) is 11.6 Å². The lowest BCUT2D eigenvalue weighted by Gasteiger charge is -2.09. The number of nitrogens with one attached hydrogen (secondary N) is 2.